The molecule has 0 amide bonds. The molecule has 4 heteroatoms. The summed E-state index contributed by atoms with van der Waals surface area (Å²) in [5.41, 5.74) is 7.62. The first kappa shape index (κ1) is 13.0. The zero-order chi connectivity index (χ0) is 13.7. The summed E-state index contributed by atoms with van der Waals surface area (Å²) in [6, 6.07) is 8.27. The molecule has 1 heterocycles. The Kier molecular flexibility index (Phi) is 2.89. The molecular formula is C15H20BrN3. The first-order valence-electron chi connectivity index (χ1n) is 6.83. The van der Waals surface area contributed by atoms with E-state index in [4.69, 9.17) is 5.73 Å². The SMILES string of the molecule is CC1(C)CCCC12CN=C(N)N2c1ccccc1Br. The summed E-state index contributed by atoms with van der Waals surface area (Å²) in [5, 5.41) is 0. The van der Waals surface area contributed by atoms with Crippen LogP contribution < -0.4 is 10.6 Å². The van der Waals surface area contributed by atoms with E-state index in [0.717, 1.165) is 23.1 Å². The highest BCUT2D eigenvalue weighted by Crippen LogP contribution is 2.53. The van der Waals surface area contributed by atoms with Crippen molar-refractivity contribution in [2.24, 2.45) is 16.1 Å². The molecule has 0 aromatic heterocycles. The Labute approximate surface area is 123 Å². The number of guanidine groups is 1. The molecule has 1 aliphatic carbocycles. The van der Waals surface area contributed by atoms with Crippen molar-refractivity contribution < 1.29 is 0 Å². The van der Waals surface area contributed by atoms with Crippen molar-refractivity contribution in [3.05, 3.63) is 28.7 Å². The number of aliphatic imine (C=N–C) groups is 1. The average Bonchev–Trinajstić information content (AvgIpc) is 2.83. The van der Waals surface area contributed by atoms with Gasteiger partial charge in [-0.1, -0.05) is 32.4 Å². The Hall–Kier alpha value is -1.03. The van der Waals surface area contributed by atoms with Crippen LogP contribution in [-0.4, -0.2) is 18.0 Å². The smallest absolute Gasteiger partial charge is 0.196 e. The highest BCUT2D eigenvalue weighted by atomic mass is 79.9. The predicted octanol–water partition coefficient (Wildman–Crippen LogP) is 3.53. The maximum absolute atomic E-state index is 6.21. The van der Waals surface area contributed by atoms with Gasteiger partial charge in [-0.2, -0.15) is 0 Å². The zero-order valence-electron chi connectivity index (χ0n) is 11.5. The zero-order valence-corrected chi connectivity index (χ0v) is 13.1. The van der Waals surface area contributed by atoms with E-state index in [1.165, 1.54) is 12.8 Å². The summed E-state index contributed by atoms with van der Waals surface area (Å²) in [6.45, 7) is 5.50. The Balaban J connectivity index is 2.12. The number of halogens is 1. The lowest BCUT2D eigenvalue weighted by atomic mass is 9.74. The quantitative estimate of drug-likeness (QED) is 0.859. The standard InChI is InChI=1S/C15H20BrN3/c1-14(2)8-5-9-15(14)10-18-13(17)19(15)12-7-4-3-6-11(12)16/h3-4,6-7H,5,8-10H2,1-2H3,(H2,17,18). The summed E-state index contributed by atoms with van der Waals surface area (Å²) in [5.74, 6) is 0.655. The van der Waals surface area contributed by atoms with E-state index in [-0.39, 0.29) is 11.0 Å². The number of anilines is 1. The first-order chi connectivity index (χ1) is 8.98. The molecule has 1 spiro atoms. The fraction of sp³-hybridized carbons (Fsp3) is 0.533. The summed E-state index contributed by atoms with van der Waals surface area (Å²) in [4.78, 5) is 6.83. The fourth-order valence-electron chi connectivity index (χ4n) is 3.66. The van der Waals surface area contributed by atoms with Gasteiger partial charge in [-0.05, 0) is 46.3 Å². The molecule has 19 heavy (non-hydrogen) atoms. The first-order valence-corrected chi connectivity index (χ1v) is 7.62. The summed E-state index contributed by atoms with van der Waals surface area (Å²) in [7, 11) is 0. The molecule has 3 nitrogen and oxygen atoms in total. The Morgan fingerprint density at radius 3 is 2.63 bits per heavy atom. The number of benzene rings is 1. The highest BCUT2D eigenvalue weighted by Gasteiger charge is 2.56. The third-order valence-electron chi connectivity index (χ3n) is 4.91. The molecule has 1 saturated carbocycles. The molecule has 1 atom stereocenters. The molecule has 1 aromatic rings. The van der Waals surface area contributed by atoms with E-state index < -0.39 is 0 Å². The highest BCUT2D eigenvalue weighted by molar-refractivity contribution is 9.10. The van der Waals surface area contributed by atoms with Crippen LogP contribution in [0.15, 0.2) is 33.7 Å². The summed E-state index contributed by atoms with van der Waals surface area (Å²) >= 11 is 3.65. The van der Waals surface area contributed by atoms with Gasteiger partial charge in [0, 0.05) is 4.47 Å². The van der Waals surface area contributed by atoms with Crippen LogP contribution >= 0.6 is 15.9 Å². The lowest BCUT2D eigenvalue weighted by Crippen LogP contribution is -2.57. The van der Waals surface area contributed by atoms with Gasteiger partial charge < -0.3 is 10.6 Å². The molecule has 1 aromatic carbocycles. The van der Waals surface area contributed by atoms with E-state index >= 15 is 0 Å². The van der Waals surface area contributed by atoms with E-state index in [1.54, 1.807) is 0 Å². The average molecular weight is 322 g/mol. The maximum atomic E-state index is 6.21. The molecule has 2 N–H and O–H groups in total. The van der Waals surface area contributed by atoms with Crippen molar-refractivity contribution >= 4 is 27.6 Å². The van der Waals surface area contributed by atoms with Gasteiger partial charge >= 0.3 is 0 Å². The monoisotopic (exact) mass is 321 g/mol. The van der Waals surface area contributed by atoms with E-state index in [0.29, 0.717) is 5.96 Å². The molecule has 0 radical (unpaired) electrons. The predicted molar refractivity (Wildman–Crippen MR) is 83.5 cm³/mol. The van der Waals surface area contributed by atoms with Crippen molar-refractivity contribution in [3.63, 3.8) is 0 Å². The minimum atomic E-state index is 0.0426. The summed E-state index contributed by atoms with van der Waals surface area (Å²) in [6.07, 6.45) is 3.64. The van der Waals surface area contributed by atoms with E-state index in [1.807, 2.05) is 6.07 Å². The topological polar surface area (TPSA) is 41.6 Å². The van der Waals surface area contributed by atoms with Gasteiger partial charge in [0.25, 0.3) is 0 Å². The molecule has 1 fully saturated rings. The Bertz CT molecular complexity index is 538. The Morgan fingerprint density at radius 2 is 2.00 bits per heavy atom. The molecule has 1 unspecified atom stereocenters. The van der Waals surface area contributed by atoms with Gasteiger partial charge in [-0.15, -0.1) is 0 Å². The lowest BCUT2D eigenvalue weighted by Gasteiger charge is -2.46. The molecule has 0 saturated heterocycles. The molecule has 2 aliphatic rings. The van der Waals surface area contributed by atoms with Gasteiger partial charge in [-0.3, -0.25) is 4.99 Å². The normalized spacial score (nSPS) is 29.0. The molecule has 0 bridgehead atoms. The van der Waals surface area contributed by atoms with Crippen molar-refractivity contribution in [2.75, 3.05) is 11.4 Å². The van der Waals surface area contributed by atoms with Crippen molar-refractivity contribution in [3.8, 4) is 0 Å². The molecule has 3 rings (SSSR count). The van der Waals surface area contributed by atoms with Crippen LogP contribution in [0.5, 0.6) is 0 Å². The third-order valence-corrected chi connectivity index (χ3v) is 5.58. The van der Waals surface area contributed by atoms with Crippen LogP contribution in [0.2, 0.25) is 0 Å². The lowest BCUT2D eigenvalue weighted by molar-refractivity contribution is 0.227. The van der Waals surface area contributed by atoms with Crippen molar-refractivity contribution in [1.82, 2.24) is 0 Å². The maximum Gasteiger partial charge on any atom is 0.196 e. The van der Waals surface area contributed by atoms with Crippen LogP contribution in [0, 0.1) is 5.41 Å². The number of rotatable bonds is 1. The van der Waals surface area contributed by atoms with Crippen molar-refractivity contribution in [2.45, 2.75) is 38.6 Å². The second-order valence-electron chi connectivity index (χ2n) is 6.23. The number of hydrogen-bond acceptors (Lipinski definition) is 3. The van der Waals surface area contributed by atoms with Gasteiger partial charge in [0.05, 0.1) is 17.8 Å². The minimum absolute atomic E-state index is 0.0426. The van der Waals surface area contributed by atoms with Crippen LogP contribution in [0.25, 0.3) is 0 Å². The van der Waals surface area contributed by atoms with Crippen LogP contribution in [0.3, 0.4) is 0 Å². The largest absolute Gasteiger partial charge is 0.369 e. The third kappa shape index (κ3) is 1.72. The van der Waals surface area contributed by atoms with Crippen LogP contribution in [-0.2, 0) is 0 Å². The summed E-state index contributed by atoms with van der Waals surface area (Å²) < 4.78 is 1.08. The molecular weight excluding hydrogens is 302 g/mol. The minimum Gasteiger partial charge on any atom is -0.369 e. The number of nitrogens with zero attached hydrogens (tertiary/aromatic N) is 2. The number of hydrogen-bond donors (Lipinski definition) is 1. The van der Waals surface area contributed by atoms with E-state index in [2.05, 4.69) is 57.9 Å². The van der Waals surface area contributed by atoms with Gasteiger partial charge in [0.1, 0.15) is 0 Å². The molecule has 102 valence electrons. The number of para-hydroxylation sites is 1. The van der Waals surface area contributed by atoms with Gasteiger partial charge in [-0.25, -0.2) is 0 Å². The van der Waals surface area contributed by atoms with Gasteiger partial charge in [0.2, 0.25) is 0 Å². The number of nitrogens with two attached hydrogens (primary N) is 1. The van der Waals surface area contributed by atoms with Crippen molar-refractivity contribution in [1.29, 1.82) is 0 Å². The molecule has 1 aliphatic heterocycles. The second kappa shape index (κ2) is 4.23. The second-order valence-corrected chi connectivity index (χ2v) is 7.08. The Morgan fingerprint density at radius 1 is 1.26 bits per heavy atom. The fourth-order valence-corrected chi connectivity index (χ4v) is 4.12. The van der Waals surface area contributed by atoms with Crippen LogP contribution in [0.4, 0.5) is 5.69 Å². The van der Waals surface area contributed by atoms with Gasteiger partial charge in [0.15, 0.2) is 5.96 Å². The van der Waals surface area contributed by atoms with Crippen LogP contribution in [0.1, 0.15) is 33.1 Å². The van der Waals surface area contributed by atoms with E-state index in [9.17, 15) is 0 Å².